The van der Waals surface area contributed by atoms with Crippen LogP contribution in [0.15, 0.2) is 18.2 Å². The van der Waals surface area contributed by atoms with Crippen LogP contribution in [0.2, 0.25) is 0 Å². The smallest absolute Gasteiger partial charge is 0.231 e. The van der Waals surface area contributed by atoms with Crippen molar-refractivity contribution in [1.82, 2.24) is 10.2 Å². The fourth-order valence-electron chi connectivity index (χ4n) is 2.85. The summed E-state index contributed by atoms with van der Waals surface area (Å²) in [5.41, 5.74) is 1.28. The van der Waals surface area contributed by atoms with Crippen LogP contribution in [0.3, 0.4) is 0 Å². The Balaban J connectivity index is 1.66. The highest BCUT2D eigenvalue weighted by molar-refractivity contribution is 5.45. The number of fused-ring (bicyclic) bond motifs is 1. The quantitative estimate of drug-likeness (QED) is 0.901. The molecule has 0 amide bonds. The fraction of sp³-hybridized carbons (Fsp3) is 0.600. The van der Waals surface area contributed by atoms with Crippen LogP contribution in [0, 0.1) is 0 Å². The zero-order valence-corrected chi connectivity index (χ0v) is 11.7. The van der Waals surface area contributed by atoms with Crippen LogP contribution in [0.5, 0.6) is 11.5 Å². The van der Waals surface area contributed by atoms with E-state index in [1.807, 2.05) is 6.07 Å². The third kappa shape index (κ3) is 2.69. The first-order valence-electron chi connectivity index (χ1n) is 7.07. The minimum absolute atomic E-state index is 0.342. The highest BCUT2D eigenvalue weighted by Gasteiger charge is 2.21. The molecule has 2 aliphatic heterocycles. The maximum atomic E-state index is 5.45. The van der Waals surface area contributed by atoms with Crippen LogP contribution in [0.25, 0.3) is 0 Å². The Morgan fingerprint density at radius 2 is 2.21 bits per heavy atom. The van der Waals surface area contributed by atoms with Crippen molar-refractivity contribution < 1.29 is 9.47 Å². The van der Waals surface area contributed by atoms with E-state index in [1.165, 1.54) is 18.4 Å². The summed E-state index contributed by atoms with van der Waals surface area (Å²) in [6.07, 6.45) is 2.59. The first kappa shape index (κ1) is 12.8. The van der Waals surface area contributed by atoms with Gasteiger partial charge in [-0.15, -0.1) is 0 Å². The monoisotopic (exact) mass is 262 g/mol. The number of ether oxygens (including phenoxy) is 2. The number of likely N-dealkylation sites (N-methyl/N-ethyl adjacent to an activating group) is 1. The lowest BCUT2D eigenvalue weighted by Gasteiger charge is -2.28. The molecule has 104 valence electrons. The van der Waals surface area contributed by atoms with Gasteiger partial charge in [0.1, 0.15) is 0 Å². The average Bonchev–Trinajstić information content (AvgIpc) is 3.07. The van der Waals surface area contributed by atoms with Crippen molar-refractivity contribution in [3.05, 3.63) is 23.8 Å². The van der Waals surface area contributed by atoms with E-state index in [9.17, 15) is 0 Å². The number of nitrogens with zero attached hydrogens (tertiary/aromatic N) is 1. The Bertz CT molecular complexity index is 444. The molecular weight excluding hydrogens is 240 g/mol. The number of hydrogen-bond donors (Lipinski definition) is 1. The van der Waals surface area contributed by atoms with Gasteiger partial charge in [0, 0.05) is 18.6 Å². The minimum Gasteiger partial charge on any atom is -0.454 e. The molecule has 0 bridgehead atoms. The van der Waals surface area contributed by atoms with Crippen molar-refractivity contribution in [2.75, 3.05) is 26.9 Å². The van der Waals surface area contributed by atoms with Gasteiger partial charge in [0.15, 0.2) is 11.5 Å². The van der Waals surface area contributed by atoms with Crippen molar-refractivity contribution in [3.8, 4) is 11.5 Å². The van der Waals surface area contributed by atoms with E-state index in [1.54, 1.807) is 0 Å². The molecule has 0 spiro atoms. The van der Waals surface area contributed by atoms with Crippen molar-refractivity contribution in [3.63, 3.8) is 0 Å². The van der Waals surface area contributed by atoms with Gasteiger partial charge in [0.05, 0.1) is 0 Å². The topological polar surface area (TPSA) is 33.7 Å². The van der Waals surface area contributed by atoms with Crippen LogP contribution in [-0.4, -0.2) is 37.9 Å². The second-order valence-corrected chi connectivity index (χ2v) is 5.52. The van der Waals surface area contributed by atoms with Gasteiger partial charge in [0.2, 0.25) is 6.79 Å². The van der Waals surface area contributed by atoms with E-state index in [4.69, 9.17) is 9.47 Å². The molecule has 1 aromatic carbocycles. The first-order valence-corrected chi connectivity index (χ1v) is 7.07. The van der Waals surface area contributed by atoms with Crippen LogP contribution in [0.4, 0.5) is 0 Å². The molecule has 0 saturated carbocycles. The molecule has 0 radical (unpaired) electrons. The Morgan fingerprint density at radius 3 is 3.00 bits per heavy atom. The molecule has 1 saturated heterocycles. The van der Waals surface area contributed by atoms with E-state index in [2.05, 4.69) is 36.3 Å². The van der Waals surface area contributed by atoms with Gasteiger partial charge in [-0.3, -0.25) is 4.90 Å². The van der Waals surface area contributed by atoms with Crippen molar-refractivity contribution >= 4 is 0 Å². The largest absolute Gasteiger partial charge is 0.454 e. The summed E-state index contributed by atoms with van der Waals surface area (Å²) in [7, 11) is 2.19. The molecule has 2 unspecified atom stereocenters. The molecule has 2 aliphatic rings. The van der Waals surface area contributed by atoms with Gasteiger partial charge in [-0.2, -0.15) is 0 Å². The highest BCUT2D eigenvalue weighted by atomic mass is 16.7. The van der Waals surface area contributed by atoms with Gasteiger partial charge >= 0.3 is 0 Å². The van der Waals surface area contributed by atoms with Crippen LogP contribution in [-0.2, 0) is 0 Å². The summed E-state index contributed by atoms with van der Waals surface area (Å²) in [6, 6.07) is 7.27. The average molecular weight is 262 g/mol. The number of nitrogens with one attached hydrogen (secondary N) is 1. The Morgan fingerprint density at radius 1 is 1.37 bits per heavy atom. The van der Waals surface area contributed by atoms with Gasteiger partial charge in [0.25, 0.3) is 0 Å². The molecule has 0 aromatic heterocycles. The van der Waals surface area contributed by atoms with Crippen LogP contribution < -0.4 is 14.8 Å². The van der Waals surface area contributed by atoms with E-state index in [-0.39, 0.29) is 0 Å². The number of hydrogen-bond acceptors (Lipinski definition) is 4. The van der Waals surface area contributed by atoms with E-state index < -0.39 is 0 Å². The van der Waals surface area contributed by atoms with Crippen molar-refractivity contribution in [2.24, 2.45) is 0 Å². The minimum atomic E-state index is 0.342. The van der Waals surface area contributed by atoms with Gasteiger partial charge in [-0.25, -0.2) is 0 Å². The lowest BCUT2D eigenvalue weighted by atomic mass is 10.1. The van der Waals surface area contributed by atoms with Gasteiger partial charge in [-0.1, -0.05) is 6.07 Å². The summed E-state index contributed by atoms with van der Waals surface area (Å²) in [5, 5.41) is 3.55. The Labute approximate surface area is 114 Å². The van der Waals surface area contributed by atoms with Gasteiger partial charge in [-0.05, 0) is 51.1 Å². The summed E-state index contributed by atoms with van der Waals surface area (Å²) in [4.78, 5) is 2.40. The van der Waals surface area contributed by atoms with E-state index >= 15 is 0 Å². The summed E-state index contributed by atoms with van der Waals surface area (Å²) in [6.45, 7) is 4.84. The zero-order valence-electron chi connectivity index (χ0n) is 11.7. The predicted octanol–water partition coefficient (Wildman–Crippen LogP) is 2.16. The number of rotatable bonds is 4. The molecule has 0 aliphatic carbocycles. The van der Waals surface area contributed by atoms with E-state index in [0.717, 1.165) is 24.6 Å². The zero-order chi connectivity index (χ0) is 13.2. The van der Waals surface area contributed by atoms with Crippen LogP contribution in [0.1, 0.15) is 31.4 Å². The second-order valence-electron chi connectivity index (χ2n) is 5.52. The molecule has 1 aromatic rings. The molecule has 1 fully saturated rings. The lowest BCUT2D eigenvalue weighted by Crippen LogP contribution is -2.36. The third-order valence-electron chi connectivity index (χ3n) is 4.21. The summed E-state index contributed by atoms with van der Waals surface area (Å²) >= 11 is 0. The second kappa shape index (κ2) is 5.39. The summed E-state index contributed by atoms with van der Waals surface area (Å²) < 4.78 is 10.8. The maximum Gasteiger partial charge on any atom is 0.231 e. The standard InChI is InChI=1S/C15H22N2O2/c1-11(17(2)9-13-4-3-7-16-13)12-5-6-14-15(8-12)19-10-18-14/h5-6,8,11,13,16H,3-4,7,9-10H2,1-2H3. The predicted molar refractivity (Wildman–Crippen MR) is 74.6 cm³/mol. The highest BCUT2D eigenvalue weighted by Crippen LogP contribution is 2.35. The lowest BCUT2D eigenvalue weighted by molar-refractivity contribution is 0.173. The SMILES string of the molecule is CC(c1ccc2c(c1)OCO2)N(C)CC1CCCN1. The van der Waals surface area contributed by atoms with Crippen molar-refractivity contribution in [1.29, 1.82) is 0 Å². The maximum absolute atomic E-state index is 5.45. The molecule has 3 rings (SSSR count). The fourth-order valence-corrected chi connectivity index (χ4v) is 2.85. The summed E-state index contributed by atoms with van der Waals surface area (Å²) in [5.74, 6) is 1.73. The molecule has 4 heteroatoms. The molecule has 2 atom stereocenters. The molecule has 1 N–H and O–H groups in total. The molecule has 19 heavy (non-hydrogen) atoms. The van der Waals surface area contributed by atoms with Crippen molar-refractivity contribution in [2.45, 2.75) is 31.8 Å². The van der Waals surface area contributed by atoms with Gasteiger partial charge < -0.3 is 14.8 Å². The molecule has 2 heterocycles. The normalized spacial score (nSPS) is 23.0. The Kier molecular flexibility index (Phi) is 3.62. The van der Waals surface area contributed by atoms with Crippen LogP contribution >= 0.6 is 0 Å². The molecule has 4 nitrogen and oxygen atoms in total. The first-order chi connectivity index (χ1) is 9.24. The molecular formula is C15H22N2O2. The third-order valence-corrected chi connectivity index (χ3v) is 4.21. The number of benzene rings is 1. The van der Waals surface area contributed by atoms with E-state index in [0.29, 0.717) is 18.9 Å². The Hall–Kier alpha value is -1.26.